The number of hydrogen-bond acceptors (Lipinski definition) is 3. The Bertz CT molecular complexity index is 380. The zero-order valence-corrected chi connectivity index (χ0v) is 9.35. The fourth-order valence-electron chi connectivity index (χ4n) is 1.46. The van der Waals surface area contributed by atoms with Crippen molar-refractivity contribution in [3.8, 4) is 0 Å². The molecule has 0 spiro atoms. The number of rotatable bonds is 2. The molecule has 15 heavy (non-hydrogen) atoms. The summed E-state index contributed by atoms with van der Waals surface area (Å²) in [6.45, 7) is 0.973. The van der Waals surface area contributed by atoms with Crippen molar-refractivity contribution >= 4 is 29.7 Å². The highest BCUT2D eigenvalue weighted by Gasteiger charge is 2.21. The Kier molecular flexibility index (Phi) is 3.90. The van der Waals surface area contributed by atoms with Crippen molar-refractivity contribution in [3.05, 3.63) is 38.9 Å². The first-order chi connectivity index (χ1) is 6.68. The Hall–Kier alpha value is -0.840. The minimum Gasteiger partial charge on any atom is -0.310 e. The molecule has 1 fully saturated rings. The third-order valence-electron chi connectivity index (χ3n) is 2.39. The molecule has 1 saturated heterocycles. The lowest BCUT2D eigenvalue weighted by Gasteiger charge is -2.27. The van der Waals surface area contributed by atoms with Crippen molar-refractivity contribution in [1.82, 2.24) is 5.32 Å². The molecular formula is C9H10Cl2N2O2. The molecular weight excluding hydrogens is 239 g/mol. The van der Waals surface area contributed by atoms with Gasteiger partial charge in [0.15, 0.2) is 0 Å². The van der Waals surface area contributed by atoms with E-state index in [-0.39, 0.29) is 29.2 Å². The predicted octanol–water partition coefficient (Wildman–Crippen LogP) is 2.70. The van der Waals surface area contributed by atoms with Gasteiger partial charge in [-0.3, -0.25) is 10.1 Å². The molecule has 0 aromatic heterocycles. The van der Waals surface area contributed by atoms with Crippen LogP contribution in [0.4, 0.5) is 5.69 Å². The molecule has 6 heteroatoms. The molecule has 0 saturated carbocycles. The summed E-state index contributed by atoms with van der Waals surface area (Å²) in [5.41, 5.74) is 0.921. The maximum absolute atomic E-state index is 10.6. The third-order valence-corrected chi connectivity index (χ3v) is 2.71. The molecule has 1 heterocycles. The van der Waals surface area contributed by atoms with Crippen LogP contribution in [0.25, 0.3) is 0 Å². The fraction of sp³-hybridized carbons (Fsp3) is 0.333. The van der Waals surface area contributed by atoms with E-state index in [1.807, 2.05) is 6.07 Å². The Morgan fingerprint density at radius 2 is 2.20 bits per heavy atom. The van der Waals surface area contributed by atoms with Crippen LogP contribution in [0, 0.1) is 10.1 Å². The van der Waals surface area contributed by atoms with Crippen LogP contribution in [-0.2, 0) is 0 Å². The number of nitro groups is 1. The Balaban J connectivity index is 0.00000112. The molecule has 1 N–H and O–H groups in total. The van der Waals surface area contributed by atoms with E-state index in [0.717, 1.165) is 18.5 Å². The number of nitrogens with one attached hydrogen (secondary N) is 1. The van der Waals surface area contributed by atoms with Gasteiger partial charge in [0.2, 0.25) is 0 Å². The fourth-order valence-corrected chi connectivity index (χ4v) is 1.65. The van der Waals surface area contributed by atoms with Crippen LogP contribution in [0.5, 0.6) is 0 Å². The summed E-state index contributed by atoms with van der Waals surface area (Å²) in [4.78, 5) is 10.1. The first kappa shape index (κ1) is 12.2. The van der Waals surface area contributed by atoms with Gasteiger partial charge in [-0.25, -0.2) is 0 Å². The van der Waals surface area contributed by atoms with Crippen molar-refractivity contribution in [2.75, 3.05) is 6.54 Å². The van der Waals surface area contributed by atoms with Gasteiger partial charge in [0, 0.05) is 12.1 Å². The molecule has 2 rings (SSSR count). The summed E-state index contributed by atoms with van der Waals surface area (Å²) >= 11 is 5.70. The van der Waals surface area contributed by atoms with E-state index in [1.54, 1.807) is 12.1 Å². The largest absolute Gasteiger partial charge is 0.310 e. The second kappa shape index (κ2) is 4.79. The second-order valence-corrected chi connectivity index (χ2v) is 3.67. The Morgan fingerprint density at radius 3 is 2.67 bits per heavy atom. The van der Waals surface area contributed by atoms with E-state index >= 15 is 0 Å². The molecule has 1 atom stereocenters. The van der Waals surface area contributed by atoms with Gasteiger partial charge in [0.1, 0.15) is 5.02 Å². The summed E-state index contributed by atoms with van der Waals surface area (Å²) in [5, 5.41) is 14.0. The first-order valence-electron chi connectivity index (χ1n) is 4.35. The minimum atomic E-state index is -0.454. The average Bonchev–Trinajstić information content (AvgIpc) is 2.04. The van der Waals surface area contributed by atoms with Crippen LogP contribution in [0.15, 0.2) is 18.2 Å². The van der Waals surface area contributed by atoms with Crippen molar-refractivity contribution < 1.29 is 4.92 Å². The highest BCUT2D eigenvalue weighted by Crippen LogP contribution is 2.30. The molecule has 0 radical (unpaired) electrons. The first-order valence-corrected chi connectivity index (χ1v) is 4.73. The molecule has 4 nitrogen and oxygen atoms in total. The lowest BCUT2D eigenvalue weighted by atomic mass is 9.98. The summed E-state index contributed by atoms with van der Waals surface area (Å²) in [6.07, 6.45) is 1.03. The smallest absolute Gasteiger partial charge is 0.288 e. The summed E-state index contributed by atoms with van der Waals surface area (Å²) in [6, 6.07) is 5.20. The maximum Gasteiger partial charge on any atom is 0.288 e. The van der Waals surface area contributed by atoms with Crippen LogP contribution in [0.3, 0.4) is 0 Å². The van der Waals surface area contributed by atoms with Crippen molar-refractivity contribution in [1.29, 1.82) is 0 Å². The Morgan fingerprint density at radius 1 is 1.53 bits per heavy atom. The highest BCUT2D eigenvalue weighted by molar-refractivity contribution is 6.32. The van der Waals surface area contributed by atoms with E-state index in [4.69, 9.17) is 11.6 Å². The highest BCUT2D eigenvalue weighted by atomic mass is 35.5. The standard InChI is InChI=1S/C9H9ClN2O2.ClH/c10-7-2-1-6(8-3-4-11-8)5-9(7)12(13)14;/h1-2,5,8,11H,3-4H2;1H/t8-;/m1./s1. The normalized spacial score (nSPS) is 18.9. The number of halogens is 2. The second-order valence-electron chi connectivity index (χ2n) is 3.26. The quantitative estimate of drug-likeness (QED) is 0.647. The Labute approximate surface area is 98.2 Å². The predicted molar refractivity (Wildman–Crippen MR) is 60.7 cm³/mol. The van der Waals surface area contributed by atoms with Crippen LogP contribution in [0.1, 0.15) is 18.0 Å². The van der Waals surface area contributed by atoms with Gasteiger partial charge >= 0.3 is 0 Å². The van der Waals surface area contributed by atoms with Crippen LogP contribution in [0.2, 0.25) is 5.02 Å². The number of benzene rings is 1. The number of nitrogens with zero attached hydrogens (tertiary/aromatic N) is 1. The van der Waals surface area contributed by atoms with E-state index in [0.29, 0.717) is 0 Å². The maximum atomic E-state index is 10.6. The van der Waals surface area contributed by atoms with E-state index in [9.17, 15) is 10.1 Å². The van der Waals surface area contributed by atoms with Crippen molar-refractivity contribution in [2.45, 2.75) is 12.5 Å². The van der Waals surface area contributed by atoms with Gasteiger partial charge in [-0.1, -0.05) is 17.7 Å². The molecule has 0 bridgehead atoms. The van der Waals surface area contributed by atoms with Crippen LogP contribution >= 0.6 is 24.0 Å². The molecule has 0 unspecified atom stereocenters. The SMILES string of the molecule is Cl.O=[N+]([O-])c1cc([C@H]2CCN2)ccc1Cl. The molecule has 82 valence electrons. The van der Waals surface area contributed by atoms with Gasteiger partial charge in [0.25, 0.3) is 5.69 Å². The van der Waals surface area contributed by atoms with E-state index < -0.39 is 4.92 Å². The summed E-state index contributed by atoms with van der Waals surface area (Å²) in [5.74, 6) is 0. The van der Waals surface area contributed by atoms with Gasteiger partial charge in [-0.15, -0.1) is 12.4 Å². The molecule has 1 aromatic rings. The molecule has 0 aliphatic carbocycles. The molecule has 1 aromatic carbocycles. The van der Waals surface area contributed by atoms with E-state index in [2.05, 4.69) is 5.32 Å². The minimum absolute atomic E-state index is 0. The monoisotopic (exact) mass is 248 g/mol. The van der Waals surface area contributed by atoms with Crippen molar-refractivity contribution in [2.24, 2.45) is 0 Å². The van der Waals surface area contributed by atoms with Crippen LogP contribution in [-0.4, -0.2) is 11.5 Å². The average molecular weight is 249 g/mol. The molecule has 1 aliphatic rings. The zero-order chi connectivity index (χ0) is 10.1. The van der Waals surface area contributed by atoms with Gasteiger partial charge in [-0.05, 0) is 24.6 Å². The lowest BCUT2D eigenvalue weighted by Crippen LogP contribution is -2.34. The third kappa shape index (κ3) is 2.40. The molecule has 0 amide bonds. The summed E-state index contributed by atoms with van der Waals surface area (Å²) < 4.78 is 0. The van der Waals surface area contributed by atoms with Gasteiger partial charge < -0.3 is 5.32 Å². The number of hydrogen-bond donors (Lipinski definition) is 1. The van der Waals surface area contributed by atoms with Gasteiger partial charge in [0.05, 0.1) is 4.92 Å². The number of nitro benzene ring substituents is 1. The lowest BCUT2D eigenvalue weighted by molar-refractivity contribution is -0.384. The van der Waals surface area contributed by atoms with Gasteiger partial charge in [-0.2, -0.15) is 0 Å². The molecule has 1 aliphatic heterocycles. The zero-order valence-electron chi connectivity index (χ0n) is 7.77. The topological polar surface area (TPSA) is 55.2 Å². The van der Waals surface area contributed by atoms with E-state index in [1.165, 1.54) is 0 Å². The van der Waals surface area contributed by atoms with Crippen molar-refractivity contribution in [3.63, 3.8) is 0 Å². The van der Waals surface area contributed by atoms with Crippen LogP contribution < -0.4 is 5.32 Å². The summed E-state index contributed by atoms with van der Waals surface area (Å²) in [7, 11) is 0.